The predicted molar refractivity (Wildman–Crippen MR) is 101 cm³/mol. The lowest BCUT2D eigenvalue weighted by molar-refractivity contribution is -0.126. The molecule has 1 amide bonds. The summed E-state index contributed by atoms with van der Waals surface area (Å²) in [5.41, 5.74) is 0.588. The molecule has 1 N–H and O–H groups in total. The van der Waals surface area contributed by atoms with Crippen molar-refractivity contribution in [1.82, 2.24) is 10.2 Å². The summed E-state index contributed by atoms with van der Waals surface area (Å²) in [5, 5.41) is 4.95. The molecule has 1 atom stereocenters. The van der Waals surface area contributed by atoms with Gasteiger partial charge in [-0.15, -0.1) is 15.7 Å². The van der Waals surface area contributed by atoms with Gasteiger partial charge in [0.2, 0.25) is 5.91 Å². The van der Waals surface area contributed by atoms with E-state index in [0.29, 0.717) is 30.9 Å². The van der Waals surface area contributed by atoms with Crippen LogP contribution in [0.25, 0.3) is 0 Å². The van der Waals surface area contributed by atoms with Gasteiger partial charge >= 0.3 is 0 Å². The van der Waals surface area contributed by atoms with Gasteiger partial charge in [0.25, 0.3) is 10.0 Å². The van der Waals surface area contributed by atoms with Gasteiger partial charge in [-0.3, -0.25) is 4.79 Å². The van der Waals surface area contributed by atoms with Gasteiger partial charge in [-0.25, -0.2) is 0 Å². The minimum Gasteiger partial charge on any atom is -0.349 e. The van der Waals surface area contributed by atoms with Crippen LogP contribution in [0.4, 0.5) is 0 Å². The first kappa shape index (κ1) is 17.2. The molecule has 1 aromatic heterocycles. The molecule has 136 valence electrons. The number of carbonyl (C=O) groups is 1. The maximum Gasteiger partial charge on any atom is 0.285 e. The predicted octanol–water partition coefficient (Wildman–Crippen LogP) is 2.37. The summed E-state index contributed by atoms with van der Waals surface area (Å²) in [4.78, 5) is 15.9. The Balaban J connectivity index is 1.59. The molecule has 1 saturated heterocycles. The van der Waals surface area contributed by atoms with Gasteiger partial charge in [0.1, 0.15) is 10.9 Å². The number of fused-ring (bicyclic) bond motifs is 1. The highest BCUT2D eigenvalue weighted by atomic mass is 32.2. The maximum atomic E-state index is 12.8. The normalized spacial score (nSPS) is 21.2. The number of benzene rings is 1. The van der Waals surface area contributed by atoms with Crippen LogP contribution < -0.4 is 5.32 Å². The highest BCUT2D eigenvalue weighted by Gasteiger charge is 2.37. The van der Waals surface area contributed by atoms with E-state index in [1.54, 1.807) is 35.6 Å². The third-order valence-corrected chi connectivity index (χ3v) is 6.91. The Morgan fingerprint density at radius 3 is 2.88 bits per heavy atom. The van der Waals surface area contributed by atoms with Crippen molar-refractivity contribution in [1.29, 1.82) is 0 Å². The van der Waals surface area contributed by atoms with Gasteiger partial charge in [0.15, 0.2) is 5.84 Å². The van der Waals surface area contributed by atoms with Gasteiger partial charge in [-0.2, -0.15) is 8.42 Å². The summed E-state index contributed by atoms with van der Waals surface area (Å²) in [6, 6.07) is 10.3. The monoisotopic (exact) mass is 389 g/mol. The number of carbonyl (C=O) groups excluding carboxylic acids is 1. The number of amides is 1. The number of rotatable bonds is 3. The van der Waals surface area contributed by atoms with Gasteiger partial charge in [-0.05, 0) is 42.8 Å². The molecule has 0 saturated carbocycles. The van der Waals surface area contributed by atoms with Crippen molar-refractivity contribution in [2.45, 2.75) is 36.7 Å². The topological polar surface area (TPSA) is 78.8 Å². The molecule has 8 heteroatoms. The summed E-state index contributed by atoms with van der Waals surface area (Å²) in [6.07, 6.45) is 2.54. The lowest BCUT2D eigenvalue weighted by atomic mass is 9.99. The molecule has 0 bridgehead atoms. The van der Waals surface area contributed by atoms with Crippen LogP contribution >= 0.6 is 11.3 Å². The second-order valence-corrected chi connectivity index (χ2v) is 8.99. The van der Waals surface area contributed by atoms with Crippen molar-refractivity contribution in [2.24, 2.45) is 4.40 Å². The number of thiophene rings is 1. The first-order valence-electron chi connectivity index (χ1n) is 8.57. The lowest BCUT2D eigenvalue weighted by Crippen LogP contribution is -2.51. The second kappa shape index (κ2) is 6.85. The Hall–Kier alpha value is -2.19. The quantitative estimate of drug-likeness (QED) is 0.874. The van der Waals surface area contributed by atoms with Crippen molar-refractivity contribution in [3.8, 4) is 0 Å². The van der Waals surface area contributed by atoms with Crippen LogP contribution in [0.15, 0.2) is 51.1 Å². The third kappa shape index (κ3) is 3.14. The molecule has 4 rings (SSSR count). The van der Waals surface area contributed by atoms with E-state index in [2.05, 4.69) is 9.71 Å². The first-order chi connectivity index (χ1) is 12.6. The molecule has 6 nitrogen and oxygen atoms in total. The van der Waals surface area contributed by atoms with Crippen molar-refractivity contribution < 1.29 is 13.2 Å². The number of amidine groups is 1. The van der Waals surface area contributed by atoms with Crippen molar-refractivity contribution in [3.63, 3.8) is 0 Å². The molecule has 3 heterocycles. The number of nitrogens with one attached hydrogen (secondary N) is 1. The number of likely N-dealkylation sites (tertiary alicyclic amines) is 1. The lowest BCUT2D eigenvalue weighted by Gasteiger charge is -2.36. The highest BCUT2D eigenvalue weighted by molar-refractivity contribution is 7.90. The van der Waals surface area contributed by atoms with Crippen LogP contribution in [0.1, 0.15) is 29.7 Å². The second-order valence-electron chi connectivity index (χ2n) is 6.39. The minimum atomic E-state index is -3.68. The van der Waals surface area contributed by atoms with Crippen molar-refractivity contribution in [3.05, 3.63) is 52.2 Å². The van der Waals surface area contributed by atoms with Crippen LogP contribution in [0.3, 0.4) is 0 Å². The molecule has 0 radical (unpaired) electrons. The average Bonchev–Trinajstić information content (AvgIpc) is 3.26. The molecule has 2 aromatic rings. The molecule has 1 fully saturated rings. The SMILES string of the molecule is O=C(NCc1cccs1)C1CCCCN1C1=NS(=O)(=O)c2ccccc21. The summed E-state index contributed by atoms with van der Waals surface area (Å²) in [7, 11) is -3.68. The van der Waals surface area contributed by atoms with E-state index in [1.807, 2.05) is 22.4 Å². The summed E-state index contributed by atoms with van der Waals surface area (Å²) >= 11 is 1.60. The maximum absolute atomic E-state index is 12.8. The molecule has 2 aliphatic rings. The Morgan fingerprint density at radius 2 is 2.08 bits per heavy atom. The van der Waals surface area contributed by atoms with E-state index >= 15 is 0 Å². The summed E-state index contributed by atoms with van der Waals surface area (Å²) < 4.78 is 28.7. The van der Waals surface area contributed by atoms with E-state index < -0.39 is 16.1 Å². The van der Waals surface area contributed by atoms with Gasteiger partial charge in [-0.1, -0.05) is 18.2 Å². The number of sulfonamides is 1. The zero-order chi connectivity index (χ0) is 18.1. The molecule has 2 aliphatic heterocycles. The van der Waals surface area contributed by atoms with Gasteiger partial charge in [0, 0.05) is 17.0 Å². The third-order valence-electron chi connectivity index (χ3n) is 4.71. The van der Waals surface area contributed by atoms with Crippen LogP contribution in [0.2, 0.25) is 0 Å². The minimum absolute atomic E-state index is 0.0809. The van der Waals surface area contributed by atoms with Gasteiger partial charge < -0.3 is 10.2 Å². The largest absolute Gasteiger partial charge is 0.349 e. The van der Waals surface area contributed by atoms with E-state index in [1.165, 1.54) is 0 Å². The Morgan fingerprint density at radius 1 is 1.23 bits per heavy atom. The number of hydrogen-bond donors (Lipinski definition) is 1. The standard InChI is InChI=1S/C18H19N3O3S2/c22-18(19-12-13-6-5-11-25-13)15-8-3-4-10-21(15)17-14-7-1-2-9-16(14)26(23,24)20-17/h1-2,5-7,9,11,15H,3-4,8,10,12H2,(H,19,22). The zero-order valence-electron chi connectivity index (χ0n) is 14.1. The first-order valence-corrected chi connectivity index (χ1v) is 10.9. The Labute approximate surface area is 156 Å². The Bertz CT molecular complexity index is 952. The average molecular weight is 390 g/mol. The number of piperidine rings is 1. The van der Waals surface area contributed by atoms with E-state index in [9.17, 15) is 13.2 Å². The number of hydrogen-bond acceptors (Lipinski definition) is 5. The van der Waals surface area contributed by atoms with E-state index in [4.69, 9.17) is 0 Å². The smallest absolute Gasteiger partial charge is 0.285 e. The molecule has 1 aromatic carbocycles. The fraction of sp³-hybridized carbons (Fsp3) is 0.333. The zero-order valence-corrected chi connectivity index (χ0v) is 15.7. The molecular formula is C18H19N3O3S2. The molecule has 0 aliphatic carbocycles. The highest BCUT2D eigenvalue weighted by Crippen LogP contribution is 2.30. The molecule has 26 heavy (non-hydrogen) atoms. The van der Waals surface area contributed by atoms with Crippen LogP contribution in [-0.2, 0) is 21.4 Å². The molecule has 0 spiro atoms. The molecule has 1 unspecified atom stereocenters. The summed E-state index contributed by atoms with van der Waals surface area (Å²) in [6.45, 7) is 1.11. The van der Waals surface area contributed by atoms with Crippen LogP contribution in [-0.4, -0.2) is 37.6 Å². The fourth-order valence-corrected chi connectivity index (χ4v) is 5.32. The van der Waals surface area contributed by atoms with E-state index in [-0.39, 0.29) is 10.8 Å². The van der Waals surface area contributed by atoms with Crippen molar-refractivity contribution in [2.75, 3.05) is 6.54 Å². The van der Waals surface area contributed by atoms with Crippen molar-refractivity contribution >= 4 is 33.1 Å². The number of nitrogens with zero attached hydrogens (tertiary/aromatic N) is 2. The van der Waals surface area contributed by atoms with Crippen LogP contribution in [0.5, 0.6) is 0 Å². The van der Waals surface area contributed by atoms with E-state index in [0.717, 1.165) is 17.7 Å². The van der Waals surface area contributed by atoms with Gasteiger partial charge in [0.05, 0.1) is 6.54 Å². The Kier molecular flexibility index (Phi) is 4.54. The molecular weight excluding hydrogens is 370 g/mol. The van der Waals surface area contributed by atoms with Crippen LogP contribution in [0, 0.1) is 0 Å². The summed E-state index contributed by atoms with van der Waals surface area (Å²) in [5.74, 6) is 0.319. The fourth-order valence-electron chi connectivity index (χ4n) is 3.46.